The van der Waals surface area contributed by atoms with Crippen LogP contribution in [0.15, 0.2) is 66.7 Å². The van der Waals surface area contributed by atoms with Crippen molar-refractivity contribution in [2.45, 2.75) is 0 Å². The van der Waals surface area contributed by atoms with Gasteiger partial charge in [-0.3, -0.25) is 14.4 Å². The molecule has 0 atom stereocenters. The summed E-state index contributed by atoms with van der Waals surface area (Å²) in [4.78, 5) is 34.4. The molecule has 0 amide bonds. The molecule has 0 N–H and O–H groups in total. The molecular formula is C21H14O3. The molecule has 0 radical (unpaired) electrons. The molecule has 0 aliphatic rings. The van der Waals surface area contributed by atoms with E-state index in [1.165, 1.54) is 0 Å². The molecule has 0 saturated carbocycles. The fourth-order valence-electron chi connectivity index (χ4n) is 2.87. The largest absolute Gasteiger partial charge is 0.298 e. The fraction of sp³-hybridized carbons (Fsp3) is 0. The van der Waals surface area contributed by atoms with Gasteiger partial charge in [0, 0.05) is 22.3 Å². The van der Waals surface area contributed by atoms with Crippen LogP contribution in [0.2, 0.25) is 0 Å². The van der Waals surface area contributed by atoms with Crippen LogP contribution in [0.1, 0.15) is 31.1 Å². The highest BCUT2D eigenvalue weighted by Crippen LogP contribution is 2.37. The highest BCUT2D eigenvalue weighted by Gasteiger charge is 2.16. The molecule has 116 valence electrons. The SMILES string of the molecule is O=Cc1ccccc1-c1cccc(C=O)c1-c1ccccc1C=O. The van der Waals surface area contributed by atoms with Crippen LogP contribution >= 0.6 is 0 Å². The standard InChI is InChI=1S/C21H14O3/c22-12-15-6-1-3-9-18(15)20-11-5-8-17(14-24)21(20)19-10-4-2-7-16(19)13-23/h1-14H. The third-order valence-corrected chi connectivity index (χ3v) is 3.96. The number of rotatable bonds is 5. The van der Waals surface area contributed by atoms with Crippen LogP contribution in [0.25, 0.3) is 22.3 Å². The number of hydrogen-bond acceptors (Lipinski definition) is 3. The monoisotopic (exact) mass is 314 g/mol. The fourth-order valence-corrected chi connectivity index (χ4v) is 2.87. The van der Waals surface area contributed by atoms with Crippen molar-refractivity contribution in [1.29, 1.82) is 0 Å². The lowest BCUT2D eigenvalue weighted by Crippen LogP contribution is -1.97. The van der Waals surface area contributed by atoms with Gasteiger partial charge in [-0.2, -0.15) is 0 Å². The minimum absolute atomic E-state index is 0.475. The van der Waals surface area contributed by atoms with Gasteiger partial charge in [0.1, 0.15) is 0 Å². The van der Waals surface area contributed by atoms with E-state index >= 15 is 0 Å². The molecule has 3 heteroatoms. The summed E-state index contributed by atoms with van der Waals surface area (Å²) >= 11 is 0. The smallest absolute Gasteiger partial charge is 0.150 e. The van der Waals surface area contributed by atoms with Crippen molar-refractivity contribution in [1.82, 2.24) is 0 Å². The van der Waals surface area contributed by atoms with E-state index < -0.39 is 0 Å². The molecule has 3 nitrogen and oxygen atoms in total. The Morgan fingerprint density at radius 1 is 0.458 bits per heavy atom. The highest BCUT2D eigenvalue weighted by atomic mass is 16.1. The quantitative estimate of drug-likeness (QED) is 0.653. The van der Waals surface area contributed by atoms with Crippen molar-refractivity contribution in [3.63, 3.8) is 0 Å². The summed E-state index contributed by atoms with van der Waals surface area (Å²) in [6.07, 6.45) is 2.33. The second kappa shape index (κ2) is 6.84. The van der Waals surface area contributed by atoms with Crippen molar-refractivity contribution in [2.24, 2.45) is 0 Å². The summed E-state index contributed by atoms with van der Waals surface area (Å²) in [6, 6.07) is 19.6. The number of aldehydes is 3. The second-order valence-corrected chi connectivity index (χ2v) is 5.30. The van der Waals surface area contributed by atoms with Gasteiger partial charge in [0.15, 0.2) is 18.9 Å². The van der Waals surface area contributed by atoms with E-state index in [2.05, 4.69) is 0 Å². The third-order valence-electron chi connectivity index (χ3n) is 3.96. The average Bonchev–Trinajstić information content (AvgIpc) is 2.67. The maximum absolute atomic E-state index is 11.6. The molecule has 3 rings (SSSR count). The molecule has 0 heterocycles. The van der Waals surface area contributed by atoms with Crippen molar-refractivity contribution < 1.29 is 14.4 Å². The van der Waals surface area contributed by atoms with Gasteiger partial charge in [0.25, 0.3) is 0 Å². The molecule has 0 bridgehead atoms. The second-order valence-electron chi connectivity index (χ2n) is 5.30. The van der Waals surface area contributed by atoms with Gasteiger partial charge in [-0.15, -0.1) is 0 Å². The Morgan fingerprint density at radius 3 is 1.54 bits per heavy atom. The predicted molar refractivity (Wildman–Crippen MR) is 93.5 cm³/mol. The zero-order valence-corrected chi connectivity index (χ0v) is 12.8. The molecule has 3 aromatic rings. The van der Waals surface area contributed by atoms with Gasteiger partial charge in [-0.1, -0.05) is 66.7 Å². The predicted octanol–water partition coefficient (Wildman–Crippen LogP) is 4.46. The van der Waals surface area contributed by atoms with Gasteiger partial charge in [-0.25, -0.2) is 0 Å². The van der Waals surface area contributed by atoms with E-state index in [-0.39, 0.29) is 0 Å². The van der Waals surface area contributed by atoms with Gasteiger partial charge in [0.05, 0.1) is 0 Å². The van der Waals surface area contributed by atoms with Crippen LogP contribution in [0.4, 0.5) is 0 Å². The number of carbonyl (C=O) groups is 3. The van der Waals surface area contributed by atoms with Crippen LogP contribution < -0.4 is 0 Å². The van der Waals surface area contributed by atoms with Crippen molar-refractivity contribution in [3.05, 3.63) is 83.4 Å². The molecule has 0 aliphatic carbocycles. The molecule has 0 aromatic heterocycles. The minimum Gasteiger partial charge on any atom is -0.298 e. The molecular weight excluding hydrogens is 300 g/mol. The Hall–Kier alpha value is -3.33. The number of carbonyl (C=O) groups excluding carboxylic acids is 3. The lowest BCUT2D eigenvalue weighted by molar-refractivity contribution is 0.111. The van der Waals surface area contributed by atoms with Crippen LogP contribution in [0.3, 0.4) is 0 Å². The van der Waals surface area contributed by atoms with Crippen LogP contribution in [-0.2, 0) is 0 Å². The highest BCUT2D eigenvalue weighted by molar-refractivity contribution is 6.02. The summed E-state index contributed by atoms with van der Waals surface area (Å²) in [5.41, 5.74) is 4.31. The van der Waals surface area contributed by atoms with E-state index in [9.17, 15) is 14.4 Å². The maximum Gasteiger partial charge on any atom is 0.150 e. The van der Waals surface area contributed by atoms with Crippen LogP contribution in [0, 0.1) is 0 Å². The summed E-state index contributed by atoms with van der Waals surface area (Å²) in [5, 5.41) is 0. The zero-order valence-electron chi connectivity index (χ0n) is 12.8. The molecule has 0 spiro atoms. The molecule has 3 aromatic carbocycles. The van der Waals surface area contributed by atoms with E-state index in [1.54, 1.807) is 42.5 Å². The Balaban J connectivity index is 2.39. The lowest BCUT2D eigenvalue weighted by atomic mass is 9.87. The van der Waals surface area contributed by atoms with Gasteiger partial charge >= 0.3 is 0 Å². The van der Waals surface area contributed by atoms with Gasteiger partial charge < -0.3 is 0 Å². The Labute approximate surface area is 139 Å². The van der Waals surface area contributed by atoms with Crippen molar-refractivity contribution >= 4 is 18.9 Å². The summed E-state index contributed by atoms with van der Waals surface area (Å²) < 4.78 is 0. The van der Waals surface area contributed by atoms with Gasteiger partial charge in [-0.05, 0) is 16.7 Å². The first-order valence-electron chi connectivity index (χ1n) is 7.47. The minimum atomic E-state index is 0.475. The van der Waals surface area contributed by atoms with Crippen molar-refractivity contribution in [2.75, 3.05) is 0 Å². The van der Waals surface area contributed by atoms with E-state index in [1.807, 2.05) is 24.3 Å². The molecule has 0 saturated heterocycles. The maximum atomic E-state index is 11.6. The molecule has 0 aliphatic heterocycles. The van der Waals surface area contributed by atoms with Crippen LogP contribution in [-0.4, -0.2) is 18.9 Å². The summed E-state index contributed by atoms with van der Waals surface area (Å²) in [5.74, 6) is 0. The summed E-state index contributed by atoms with van der Waals surface area (Å²) in [6.45, 7) is 0. The van der Waals surface area contributed by atoms with Gasteiger partial charge in [0.2, 0.25) is 0 Å². The van der Waals surface area contributed by atoms with Crippen LogP contribution in [0.5, 0.6) is 0 Å². The molecule has 0 fully saturated rings. The lowest BCUT2D eigenvalue weighted by Gasteiger charge is -2.15. The average molecular weight is 314 g/mol. The Kier molecular flexibility index (Phi) is 4.43. The zero-order chi connectivity index (χ0) is 16.9. The number of hydrogen-bond donors (Lipinski definition) is 0. The number of benzene rings is 3. The topological polar surface area (TPSA) is 51.2 Å². The van der Waals surface area contributed by atoms with Crippen molar-refractivity contribution in [3.8, 4) is 22.3 Å². The first-order chi connectivity index (χ1) is 11.8. The summed E-state index contributed by atoms with van der Waals surface area (Å²) in [7, 11) is 0. The first kappa shape index (κ1) is 15.6. The van der Waals surface area contributed by atoms with E-state index in [4.69, 9.17) is 0 Å². The first-order valence-corrected chi connectivity index (χ1v) is 7.47. The molecule has 0 unspecified atom stereocenters. The third kappa shape index (κ3) is 2.68. The normalized spacial score (nSPS) is 10.2. The Bertz CT molecular complexity index is 926. The Morgan fingerprint density at radius 2 is 0.917 bits per heavy atom. The van der Waals surface area contributed by atoms with E-state index in [0.29, 0.717) is 27.8 Å². The van der Waals surface area contributed by atoms with E-state index in [0.717, 1.165) is 30.0 Å². The molecule has 24 heavy (non-hydrogen) atoms.